The van der Waals surface area contributed by atoms with Crippen molar-refractivity contribution in [3.05, 3.63) is 22.4 Å². The molecule has 0 unspecified atom stereocenters. The van der Waals surface area contributed by atoms with Crippen LogP contribution in [0.15, 0.2) is 16.7 Å². The summed E-state index contributed by atoms with van der Waals surface area (Å²) in [6, 6.07) is 1.90. The average Bonchev–Trinajstić information content (AvgIpc) is 2.58. The topological polar surface area (TPSA) is 68.3 Å². The number of halogens is 1. The van der Waals surface area contributed by atoms with Gasteiger partial charge in [0.05, 0.1) is 6.54 Å². The number of amides is 2. The summed E-state index contributed by atoms with van der Waals surface area (Å²) in [7, 11) is 1.55. The van der Waals surface area contributed by atoms with Gasteiger partial charge in [-0.15, -0.1) is 0 Å². The minimum Gasteiger partial charge on any atom is -0.368 e. The van der Waals surface area contributed by atoms with Gasteiger partial charge in [0.15, 0.2) is 0 Å². The largest absolute Gasteiger partial charge is 0.368 e. The Balaban J connectivity index is 2.99. The van der Waals surface area contributed by atoms with Crippen molar-refractivity contribution in [1.82, 2.24) is 9.47 Å². The molecule has 5 nitrogen and oxygen atoms in total. The molecule has 1 heterocycles. The number of rotatable bonds is 4. The van der Waals surface area contributed by atoms with Crippen molar-refractivity contribution in [2.24, 2.45) is 5.73 Å². The maximum atomic E-state index is 12.1. The van der Waals surface area contributed by atoms with Gasteiger partial charge in [0.25, 0.3) is 5.91 Å². The molecule has 0 aromatic carbocycles. The fourth-order valence-corrected chi connectivity index (χ4v) is 1.98. The number of nitrogens with zero attached hydrogens (tertiary/aromatic N) is 2. The summed E-state index contributed by atoms with van der Waals surface area (Å²) in [4.78, 5) is 24.2. The molecule has 1 aromatic rings. The lowest BCUT2D eigenvalue weighted by Crippen LogP contribution is -2.36. The number of hydrogen-bond donors (Lipinski definition) is 1. The zero-order valence-electron chi connectivity index (χ0n) is 10.1. The minimum atomic E-state index is -0.525. The van der Waals surface area contributed by atoms with Gasteiger partial charge in [-0.05, 0) is 35.8 Å². The molecule has 0 radical (unpaired) electrons. The van der Waals surface area contributed by atoms with Crippen LogP contribution in [-0.4, -0.2) is 34.9 Å². The Morgan fingerprint density at radius 2 is 2.12 bits per heavy atom. The first-order valence-corrected chi connectivity index (χ1v) is 6.03. The highest BCUT2D eigenvalue weighted by atomic mass is 79.9. The summed E-state index contributed by atoms with van der Waals surface area (Å²) in [5.74, 6) is -0.745. The van der Waals surface area contributed by atoms with E-state index in [1.165, 1.54) is 4.90 Å². The molecule has 2 amide bonds. The zero-order chi connectivity index (χ0) is 13.2. The van der Waals surface area contributed by atoms with Crippen LogP contribution in [0.2, 0.25) is 0 Å². The molecular formula is C11H16BrN3O2. The van der Waals surface area contributed by atoms with Gasteiger partial charge in [0, 0.05) is 23.8 Å². The quantitative estimate of drug-likeness (QED) is 0.913. The number of carbonyl (C=O) groups is 2. The van der Waals surface area contributed by atoms with E-state index in [-0.39, 0.29) is 18.5 Å². The smallest absolute Gasteiger partial charge is 0.270 e. The highest BCUT2D eigenvalue weighted by molar-refractivity contribution is 9.10. The lowest BCUT2D eigenvalue weighted by Gasteiger charge is -2.18. The summed E-state index contributed by atoms with van der Waals surface area (Å²) in [6.07, 6.45) is 1.84. The average molecular weight is 302 g/mol. The molecule has 0 fully saturated rings. The number of nitrogens with two attached hydrogens (primary N) is 1. The zero-order valence-corrected chi connectivity index (χ0v) is 11.7. The summed E-state index contributed by atoms with van der Waals surface area (Å²) in [5, 5.41) is 0. The Bertz CT molecular complexity index is 440. The Morgan fingerprint density at radius 1 is 1.53 bits per heavy atom. The highest BCUT2D eigenvalue weighted by Crippen LogP contribution is 2.20. The lowest BCUT2D eigenvalue weighted by atomic mass is 10.3. The van der Waals surface area contributed by atoms with Gasteiger partial charge in [-0.3, -0.25) is 9.59 Å². The fourth-order valence-electron chi connectivity index (χ4n) is 1.55. The second-order valence-electron chi connectivity index (χ2n) is 4.17. The van der Waals surface area contributed by atoms with Crippen LogP contribution < -0.4 is 5.73 Å². The Hall–Kier alpha value is -1.30. The van der Waals surface area contributed by atoms with Crippen LogP contribution in [-0.2, 0) is 4.79 Å². The Morgan fingerprint density at radius 3 is 2.59 bits per heavy atom. The van der Waals surface area contributed by atoms with Gasteiger partial charge in [0.1, 0.15) is 5.69 Å². The van der Waals surface area contributed by atoms with Gasteiger partial charge in [-0.1, -0.05) is 0 Å². The Labute approximate surface area is 109 Å². The molecule has 0 aliphatic carbocycles. The van der Waals surface area contributed by atoms with Crippen LogP contribution in [0.25, 0.3) is 0 Å². The van der Waals surface area contributed by atoms with E-state index in [0.29, 0.717) is 5.69 Å². The van der Waals surface area contributed by atoms with Crippen LogP contribution in [0.3, 0.4) is 0 Å². The third-order valence-corrected chi connectivity index (χ3v) is 2.76. The molecule has 2 N–H and O–H groups in total. The third kappa shape index (κ3) is 3.33. The Kier molecular flexibility index (Phi) is 4.34. The van der Waals surface area contributed by atoms with Gasteiger partial charge >= 0.3 is 0 Å². The van der Waals surface area contributed by atoms with Gasteiger partial charge in [-0.2, -0.15) is 0 Å². The molecule has 1 rings (SSSR count). The SMILES string of the molecule is CC(C)n1cc(Br)cc1C(=O)N(C)CC(N)=O. The fraction of sp³-hybridized carbons (Fsp3) is 0.455. The molecular weight excluding hydrogens is 286 g/mol. The predicted molar refractivity (Wildman–Crippen MR) is 68.7 cm³/mol. The molecule has 6 heteroatoms. The van der Waals surface area contributed by atoms with E-state index in [1.54, 1.807) is 13.1 Å². The van der Waals surface area contributed by atoms with Crippen molar-refractivity contribution in [3.8, 4) is 0 Å². The maximum absolute atomic E-state index is 12.1. The summed E-state index contributed by atoms with van der Waals surface area (Å²) in [5.41, 5.74) is 5.60. The molecule has 0 aliphatic heterocycles. The van der Waals surface area contributed by atoms with Crippen molar-refractivity contribution < 1.29 is 9.59 Å². The van der Waals surface area contributed by atoms with Crippen LogP contribution in [0, 0.1) is 0 Å². The van der Waals surface area contributed by atoms with Gasteiger partial charge < -0.3 is 15.2 Å². The molecule has 0 spiro atoms. The number of likely N-dealkylation sites (N-methyl/N-ethyl adjacent to an activating group) is 1. The van der Waals surface area contributed by atoms with Crippen molar-refractivity contribution >= 4 is 27.7 Å². The minimum absolute atomic E-state index is 0.0836. The normalized spacial score (nSPS) is 10.6. The highest BCUT2D eigenvalue weighted by Gasteiger charge is 2.19. The molecule has 0 aliphatic rings. The van der Waals surface area contributed by atoms with Crippen LogP contribution in [0.5, 0.6) is 0 Å². The van der Waals surface area contributed by atoms with Crippen molar-refractivity contribution in [2.45, 2.75) is 19.9 Å². The second-order valence-corrected chi connectivity index (χ2v) is 5.09. The van der Waals surface area contributed by atoms with E-state index in [1.807, 2.05) is 24.6 Å². The molecule has 1 aromatic heterocycles. The van der Waals surface area contributed by atoms with Crippen LogP contribution in [0.1, 0.15) is 30.4 Å². The van der Waals surface area contributed by atoms with Crippen LogP contribution >= 0.6 is 15.9 Å². The first-order valence-electron chi connectivity index (χ1n) is 5.24. The molecule has 94 valence electrons. The van der Waals surface area contributed by atoms with Gasteiger partial charge in [-0.25, -0.2) is 0 Å². The number of carbonyl (C=O) groups excluding carboxylic acids is 2. The van der Waals surface area contributed by atoms with Gasteiger partial charge in [0.2, 0.25) is 5.91 Å². The second kappa shape index (κ2) is 5.35. The number of aromatic nitrogens is 1. The maximum Gasteiger partial charge on any atom is 0.270 e. The number of hydrogen-bond acceptors (Lipinski definition) is 2. The van der Waals surface area contributed by atoms with E-state index >= 15 is 0 Å². The monoisotopic (exact) mass is 301 g/mol. The summed E-state index contributed by atoms with van der Waals surface area (Å²) in [6.45, 7) is 3.88. The van der Waals surface area contributed by atoms with E-state index in [9.17, 15) is 9.59 Å². The van der Waals surface area contributed by atoms with Crippen LogP contribution in [0.4, 0.5) is 0 Å². The molecule has 0 atom stereocenters. The number of primary amides is 1. The van der Waals surface area contributed by atoms with E-state index in [0.717, 1.165) is 4.47 Å². The van der Waals surface area contributed by atoms with Crippen molar-refractivity contribution in [3.63, 3.8) is 0 Å². The van der Waals surface area contributed by atoms with E-state index in [4.69, 9.17) is 5.73 Å². The molecule has 17 heavy (non-hydrogen) atoms. The first-order chi connectivity index (χ1) is 7.82. The van der Waals surface area contributed by atoms with Crippen molar-refractivity contribution in [1.29, 1.82) is 0 Å². The summed E-state index contributed by atoms with van der Waals surface area (Å²) >= 11 is 3.34. The lowest BCUT2D eigenvalue weighted by molar-refractivity contribution is -0.118. The van der Waals surface area contributed by atoms with E-state index < -0.39 is 5.91 Å². The molecule has 0 saturated heterocycles. The van der Waals surface area contributed by atoms with Crippen molar-refractivity contribution in [2.75, 3.05) is 13.6 Å². The van der Waals surface area contributed by atoms with E-state index in [2.05, 4.69) is 15.9 Å². The summed E-state index contributed by atoms with van der Waals surface area (Å²) < 4.78 is 2.69. The molecule has 0 saturated carbocycles. The first kappa shape index (κ1) is 13.8. The third-order valence-electron chi connectivity index (χ3n) is 2.33. The predicted octanol–water partition coefficient (Wildman–Crippen LogP) is 1.39. The molecule has 0 bridgehead atoms. The standard InChI is InChI=1S/C11H16BrN3O2/c1-7(2)15-5-8(12)4-9(15)11(17)14(3)6-10(13)16/h4-5,7H,6H2,1-3H3,(H2,13,16).